The van der Waals surface area contributed by atoms with Gasteiger partial charge in [-0.3, -0.25) is 14.1 Å². The number of nitrogens with zero attached hydrogens (tertiary/aromatic N) is 4. The van der Waals surface area contributed by atoms with Gasteiger partial charge in [0.15, 0.2) is 0 Å². The third-order valence-electron chi connectivity index (χ3n) is 4.34. The van der Waals surface area contributed by atoms with E-state index < -0.39 is 10.0 Å². The Hall–Kier alpha value is -3.59. The molecule has 154 valence electrons. The van der Waals surface area contributed by atoms with Gasteiger partial charge in [-0.25, -0.2) is 8.42 Å². The maximum absolute atomic E-state index is 12.7. The van der Waals surface area contributed by atoms with Crippen LogP contribution >= 0.6 is 0 Å². The van der Waals surface area contributed by atoms with Crippen molar-refractivity contribution in [2.24, 2.45) is 0 Å². The Morgan fingerprint density at radius 1 is 0.967 bits per heavy atom. The molecule has 0 aliphatic heterocycles. The Morgan fingerprint density at radius 3 is 2.63 bits per heavy atom. The van der Waals surface area contributed by atoms with Crippen LogP contribution in [-0.4, -0.2) is 34.6 Å². The molecule has 0 bridgehead atoms. The fourth-order valence-electron chi connectivity index (χ4n) is 2.89. The lowest BCUT2D eigenvalue weighted by Crippen LogP contribution is -2.13. The molecule has 0 spiro atoms. The molecule has 4 rings (SSSR count). The molecule has 2 heterocycles. The van der Waals surface area contributed by atoms with Gasteiger partial charge >= 0.3 is 0 Å². The molecule has 1 N–H and O–H groups in total. The molecule has 0 atom stereocenters. The van der Waals surface area contributed by atoms with E-state index in [9.17, 15) is 8.42 Å². The monoisotopic (exact) mass is 423 g/mol. The predicted octanol–water partition coefficient (Wildman–Crippen LogP) is 3.01. The van der Waals surface area contributed by atoms with Crippen molar-refractivity contribution in [3.05, 3.63) is 91.0 Å². The molecule has 0 aliphatic rings. The summed E-state index contributed by atoms with van der Waals surface area (Å²) in [7, 11) is -3.76. The number of sulfonamides is 1. The molecule has 0 amide bonds. The highest BCUT2D eigenvalue weighted by Crippen LogP contribution is 2.21. The minimum atomic E-state index is -3.76. The highest BCUT2D eigenvalue weighted by atomic mass is 32.2. The first kappa shape index (κ1) is 19.7. The minimum absolute atomic E-state index is 0.100. The van der Waals surface area contributed by atoms with E-state index in [1.807, 2.05) is 42.6 Å². The van der Waals surface area contributed by atoms with Gasteiger partial charge in [-0.05, 0) is 23.8 Å². The molecule has 0 saturated carbocycles. The largest absolute Gasteiger partial charge is 0.492 e. The van der Waals surface area contributed by atoms with Crippen LogP contribution in [0.25, 0.3) is 0 Å². The fourth-order valence-corrected chi connectivity index (χ4v) is 3.89. The van der Waals surface area contributed by atoms with Crippen LogP contribution in [0.1, 0.15) is 5.56 Å². The Kier molecular flexibility index (Phi) is 5.80. The molecule has 4 aromatic rings. The van der Waals surface area contributed by atoms with Gasteiger partial charge in [0, 0.05) is 24.7 Å². The summed E-state index contributed by atoms with van der Waals surface area (Å²) in [4.78, 5) is 0.100. The first-order chi connectivity index (χ1) is 14.6. The average Bonchev–Trinajstić information content (AvgIpc) is 3.41. The van der Waals surface area contributed by atoms with Gasteiger partial charge in [0.05, 0.1) is 25.0 Å². The molecular weight excluding hydrogens is 402 g/mol. The van der Waals surface area contributed by atoms with Gasteiger partial charge in [-0.15, -0.1) is 0 Å². The van der Waals surface area contributed by atoms with Gasteiger partial charge in [0.2, 0.25) is 0 Å². The van der Waals surface area contributed by atoms with Crippen LogP contribution in [0.2, 0.25) is 0 Å². The van der Waals surface area contributed by atoms with Crippen LogP contribution in [0.5, 0.6) is 5.75 Å². The average molecular weight is 423 g/mol. The lowest BCUT2D eigenvalue weighted by molar-refractivity contribution is 0.291. The normalized spacial score (nSPS) is 11.3. The molecule has 9 heteroatoms. The van der Waals surface area contributed by atoms with Gasteiger partial charge in [-0.2, -0.15) is 10.2 Å². The van der Waals surface area contributed by atoms with Crippen molar-refractivity contribution in [2.75, 3.05) is 11.3 Å². The summed E-state index contributed by atoms with van der Waals surface area (Å²) >= 11 is 0. The number of hydrogen-bond donors (Lipinski definition) is 1. The number of hydrogen-bond acceptors (Lipinski definition) is 5. The number of nitrogens with one attached hydrogen (secondary N) is 1. The topological polar surface area (TPSA) is 91.0 Å². The smallest absolute Gasteiger partial charge is 0.265 e. The van der Waals surface area contributed by atoms with Crippen molar-refractivity contribution >= 4 is 15.7 Å². The van der Waals surface area contributed by atoms with Crippen LogP contribution in [0.4, 0.5) is 5.69 Å². The van der Waals surface area contributed by atoms with Crippen LogP contribution in [0, 0.1) is 0 Å². The summed E-state index contributed by atoms with van der Waals surface area (Å²) in [6.07, 6.45) is 6.42. The van der Waals surface area contributed by atoms with E-state index in [1.54, 1.807) is 39.8 Å². The molecule has 0 saturated heterocycles. The first-order valence-corrected chi connectivity index (χ1v) is 10.9. The SMILES string of the molecule is O=S(=O)(Nc1cccc(OCCn2cccn2)c1)c1cnn(Cc2ccccc2)c1. The molecule has 2 aromatic heterocycles. The van der Waals surface area contributed by atoms with E-state index in [2.05, 4.69) is 14.9 Å². The maximum Gasteiger partial charge on any atom is 0.265 e. The Bertz CT molecular complexity index is 1190. The lowest BCUT2D eigenvalue weighted by Gasteiger charge is -2.10. The van der Waals surface area contributed by atoms with Crippen LogP contribution in [0.15, 0.2) is 90.3 Å². The molecule has 0 radical (unpaired) electrons. The van der Waals surface area contributed by atoms with Crippen LogP contribution in [0.3, 0.4) is 0 Å². The van der Waals surface area contributed by atoms with E-state index in [1.165, 1.54) is 12.4 Å². The van der Waals surface area contributed by atoms with Crippen molar-refractivity contribution in [2.45, 2.75) is 18.0 Å². The second-order valence-corrected chi connectivity index (χ2v) is 8.29. The number of aromatic nitrogens is 4. The number of benzene rings is 2. The van der Waals surface area contributed by atoms with Crippen molar-refractivity contribution in [3.8, 4) is 5.75 Å². The summed E-state index contributed by atoms with van der Waals surface area (Å²) in [6.45, 7) is 1.52. The standard InChI is InChI=1S/C21H21N5O3S/c27-30(28,21-15-23-26(17-21)16-18-6-2-1-3-7-18)24-19-8-4-9-20(14-19)29-13-12-25-11-5-10-22-25/h1-11,14-15,17,24H,12-13,16H2. The Morgan fingerprint density at radius 2 is 1.83 bits per heavy atom. The molecule has 0 aliphatic carbocycles. The minimum Gasteiger partial charge on any atom is -0.492 e. The van der Waals surface area contributed by atoms with E-state index in [4.69, 9.17) is 4.74 Å². The third kappa shape index (κ3) is 5.06. The summed E-state index contributed by atoms with van der Waals surface area (Å²) < 4.78 is 37.1. The maximum atomic E-state index is 12.7. The van der Waals surface area contributed by atoms with Crippen molar-refractivity contribution < 1.29 is 13.2 Å². The summed E-state index contributed by atoms with van der Waals surface area (Å²) in [6, 6.07) is 18.4. The molecule has 0 unspecified atom stereocenters. The Balaban J connectivity index is 1.39. The molecular formula is C21H21N5O3S. The number of rotatable bonds is 9. The fraction of sp³-hybridized carbons (Fsp3) is 0.143. The zero-order chi connectivity index (χ0) is 20.8. The summed E-state index contributed by atoms with van der Waals surface area (Å²) in [5.74, 6) is 0.571. The van der Waals surface area contributed by atoms with Gasteiger partial charge in [0.25, 0.3) is 10.0 Å². The van der Waals surface area contributed by atoms with E-state index >= 15 is 0 Å². The van der Waals surface area contributed by atoms with E-state index in [-0.39, 0.29) is 4.90 Å². The zero-order valence-electron chi connectivity index (χ0n) is 16.1. The second-order valence-electron chi connectivity index (χ2n) is 6.61. The summed E-state index contributed by atoms with van der Waals surface area (Å²) in [5, 5.41) is 8.28. The molecule has 2 aromatic carbocycles. The quantitative estimate of drug-likeness (QED) is 0.447. The van der Waals surface area contributed by atoms with Gasteiger partial charge in [0.1, 0.15) is 17.3 Å². The highest BCUT2D eigenvalue weighted by Gasteiger charge is 2.17. The first-order valence-electron chi connectivity index (χ1n) is 9.38. The third-order valence-corrected chi connectivity index (χ3v) is 5.68. The highest BCUT2D eigenvalue weighted by molar-refractivity contribution is 7.92. The zero-order valence-corrected chi connectivity index (χ0v) is 16.9. The van der Waals surface area contributed by atoms with Crippen LogP contribution in [-0.2, 0) is 23.1 Å². The van der Waals surface area contributed by atoms with Gasteiger partial charge < -0.3 is 4.74 Å². The molecule has 0 fully saturated rings. The van der Waals surface area contributed by atoms with E-state index in [0.29, 0.717) is 31.1 Å². The van der Waals surface area contributed by atoms with Gasteiger partial charge in [-0.1, -0.05) is 36.4 Å². The van der Waals surface area contributed by atoms with Crippen molar-refractivity contribution in [3.63, 3.8) is 0 Å². The molecule has 8 nitrogen and oxygen atoms in total. The van der Waals surface area contributed by atoms with Crippen LogP contribution < -0.4 is 9.46 Å². The van der Waals surface area contributed by atoms with E-state index in [0.717, 1.165) is 5.56 Å². The number of anilines is 1. The lowest BCUT2D eigenvalue weighted by atomic mass is 10.2. The second kappa shape index (κ2) is 8.83. The van der Waals surface area contributed by atoms with Crippen molar-refractivity contribution in [1.29, 1.82) is 0 Å². The predicted molar refractivity (Wildman–Crippen MR) is 113 cm³/mol. The number of ether oxygens (including phenoxy) is 1. The summed E-state index contributed by atoms with van der Waals surface area (Å²) in [5.41, 5.74) is 1.46. The Labute approximate surface area is 174 Å². The van der Waals surface area contributed by atoms with Crippen molar-refractivity contribution in [1.82, 2.24) is 19.6 Å². The molecule has 30 heavy (non-hydrogen) atoms.